The Labute approximate surface area is 107 Å². The molecule has 0 saturated carbocycles. The van der Waals surface area contributed by atoms with Crippen molar-refractivity contribution in [1.82, 2.24) is 9.80 Å². The second-order valence-corrected chi connectivity index (χ2v) is 4.81. The van der Waals surface area contributed by atoms with E-state index >= 15 is 0 Å². The molecule has 0 N–H and O–H groups in total. The van der Waals surface area contributed by atoms with Crippen LogP contribution in [0.25, 0.3) is 0 Å². The van der Waals surface area contributed by atoms with Crippen LogP contribution in [0.5, 0.6) is 0 Å². The van der Waals surface area contributed by atoms with Crippen LogP contribution in [0, 0.1) is 5.82 Å². The Morgan fingerprint density at radius 1 is 1.12 bits per heavy atom. The largest absolute Gasteiger partial charge is 0.300 e. The van der Waals surface area contributed by atoms with Crippen LogP contribution in [0.1, 0.15) is 5.56 Å². The van der Waals surface area contributed by atoms with Crippen LogP contribution in [0.3, 0.4) is 0 Å². The molecule has 0 unspecified atom stereocenters. The second kappa shape index (κ2) is 6.34. The first kappa shape index (κ1) is 12.8. The molecule has 1 aliphatic rings. The zero-order valence-electron chi connectivity index (χ0n) is 9.91. The Kier molecular flexibility index (Phi) is 4.77. The predicted octanol–water partition coefficient (Wildman–Crippen LogP) is 2.18. The number of hydrogen-bond acceptors (Lipinski definition) is 2. The normalized spacial score (nSPS) is 18.5. The van der Waals surface area contributed by atoms with E-state index < -0.39 is 0 Å². The van der Waals surface area contributed by atoms with Gasteiger partial charge in [0.1, 0.15) is 5.82 Å². The monoisotopic (exact) mass is 256 g/mol. The van der Waals surface area contributed by atoms with Crippen LogP contribution in [0.15, 0.2) is 24.3 Å². The van der Waals surface area contributed by atoms with Crippen LogP contribution >= 0.6 is 11.6 Å². The van der Waals surface area contributed by atoms with Gasteiger partial charge in [-0.3, -0.25) is 9.80 Å². The SMILES string of the molecule is Fc1cccc(CN2CCN(CCCl)CC2)c1. The molecule has 0 spiro atoms. The highest BCUT2D eigenvalue weighted by Crippen LogP contribution is 2.10. The van der Waals surface area contributed by atoms with Crippen molar-refractivity contribution in [3.05, 3.63) is 35.6 Å². The molecular weight excluding hydrogens is 239 g/mol. The standard InChI is InChI=1S/C13H18ClFN2/c14-4-5-16-6-8-17(9-7-16)11-12-2-1-3-13(15)10-12/h1-3,10H,4-9,11H2. The van der Waals surface area contributed by atoms with Crippen molar-refractivity contribution in [3.8, 4) is 0 Å². The summed E-state index contributed by atoms with van der Waals surface area (Å²) in [4.78, 5) is 4.73. The van der Waals surface area contributed by atoms with E-state index in [2.05, 4.69) is 9.80 Å². The first-order chi connectivity index (χ1) is 8.28. The smallest absolute Gasteiger partial charge is 0.123 e. The lowest BCUT2D eigenvalue weighted by atomic mass is 10.2. The van der Waals surface area contributed by atoms with Gasteiger partial charge in [0.05, 0.1) is 0 Å². The second-order valence-electron chi connectivity index (χ2n) is 4.44. The highest BCUT2D eigenvalue weighted by molar-refractivity contribution is 6.18. The van der Waals surface area contributed by atoms with Crippen LogP contribution < -0.4 is 0 Å². The van der Waals surface area contributed by atoms with Gasteiger partial charge in [0.2, 0.25) is 0 Å². The van der Waals surface area contributed by atoms with E-state index in [-0.39, 0.29) is 5.82 Å². The van der Waals surface area contributed by atoms with Crippen LogP contribution in [-0.4, -0.2) is 48.4 Å². The maximum absolute atomic E-state index is 13.0. The minimum atomic E-state index is -0.150. The molecule has 1 heterocycles. The molecule has 1 saturated heterocycles. The van der Waals surface area contributed by atoms with E-state index in [4.69, 9.17) is 11.6 Å². The minimum absolute atomic E-state index is 0.150. The lowest BCUT2D eigenvalue weighted by Crippen LogP contribution is -2.46. The fourth-order valence-electron chi connectivity index (χ4n) is 2.18. The van der Waals surface area contributed by atoms with Gasteiger partial charge >= 0.3 is 0 Å². The summed E-state index contributed by atoms with van der Waals surface area (Å²) in [5, 5.41) is 0. The molecule has 1 fully saturated rings. The summed E-state index contributed by atoms with van der Waals surface area (Å²) in [5.41, 5.74) is 1.05. The number of halogens is 2. The summed E-state index contributed by atoms with van der Waals surface area (Å²) in [6.07, 6.45) is 0. The van der Waals surface area contributed by atoms with Crippen molar-refractivity contribution < 1.29 is 4.39 Å². The number of rotatable bonds is 4. The fourth-order valence-corrected chi connectivity index (χ4v) is 2.42. The topological polar surface area (TPSA) is 6.48 Å². The first-order valence-electron chi connectivity index (χ1n) is 6.03. The maximum atomic E-state index is 13.0. The van der Waals surface area contributed by atoms with Crippen LogP contribution in [0.4, 0.5) is 4.39 Å². The number of hydrogen-bond donors (Lipinski definition) is 0. The molecule has 0 aliphatic carbocycles. The third-order valence-electron chi connectivity index (χ3n) is 3.16. The molecule has 4 heteroatoms. The van der Waals surface area contributed by atoms with Crippen LogP contribution in [0.2, 0.25) is 0 Å². The molecule has 1 aromatic carbocycles. The van der Waals surface area contributed by atoms with Gasteiger partial charge in [0.25, 0.3) is 0 Å². The summed E-state index contributed by atoms with van der Waals surface area (Å²) < 4.78 is 13.0. The van der Waals surface area contributed by atoms with Gasteiger partial charge < -0.3 is 0 Å². The van der Waals surface area contributed by atoms with Crippen LogP contribution in [-0.2, 0) is 6.54 Å². The van der Waals surface area contributed by atoms with E-state index in [0.717, 1.165) is 44.8 Å². The van der Waals surface area contributed by atoms with E-state index in [9.17, 15) is 4.39 Å². The van der Waals surface area contributed by atoms with Gasteiger partial charge in [-0.05, 0) is 17.7 Å². The number of benzene rings is 1. The molecule has 0 bridgehead atoms. The van der Waals surface area contributed by atoms with Gasteiger partial charge in [-0.2, -0.15) is 0 Å². The molecule has 0 radical (unpaired) electrons. The van der Waals surface area contributed by atoms with Gasteiger partial charge in [0.15, 0.2) is 0 Å². The molecule has 1 aliphatic heterocycles. The molecule has 0 aromatic heterocycles. The Morgan fingerprint density at radius 3 is 2.47 bits per heavy atom. The van der Waals surface area contributed by atoms with Gasteiger partial charge in [-0.1, -0.05) is 12.1 Å². The zero-order chi connectivity index (χ0) is 12.1. The van der Waals surface area contributed by atoms with Crippen molar-refractivity contribution in [1.29, 1.82) is 0 Å². The van der Waals surface area contributed by atoms with Gasteiger partial charge in [-0.25, -0.2) is 4.39 Å². The number of piperazine rings is 1. The van der Waals surface area contributed by atoms with Crippen molar-refractivity contribution in [2.24, 2.45) is 0 Å². The summed E-state index contributed by atoms with van der Waals surface area (Å²) in [6.45, 7) is 5.99. The molecule has 0 amide bonds. The quantitative estimate of drug-likeness (QED) is 0.762. The lowest BCUT2D eigenvalue weighted by molar-refractivity contribution is 0.132. The summed E-state index contributed by atoms with van der Waals surface area (Å²) >= 11 is 5.72. The number of alkyl halides is 1. The van der Waals surface area contributed by atoms with Gasteiger partial charge in [0, 0.05) is 45.1 Å². The van der Waals surface area contributed by atoms with Crippen molar-refractivity contribution in [2.75, 3.05) is 38.6 Å². The number of nitrogens with zero attached hydrogens (tertiary/aromatic N) is 2. The molecule has 94 valence electrons. The highest BCUT2D eigenvalue weighted by atomic mass is 35.5. The molecule has 1 aromatic rings. The summed E-state index contributed by atoms with van der Waals surface area (Å²) in [7, 11) is 0. The van der Waals surface area contributed by atoms with E-state index in [1.165, 1.54) is 6.07 Å². The molecular formula is C13H18ClFN2. The Balaban J connectivity index is 1.82. The molecule has 17 heavy (non-hydrogen) atoms. The molecule has 2 nitrogen and oxygen atoms in total. The molecule has 2 rings (SSSR count). The maximum Gasteiger partial charge on any atom is 0.123 e. The summed E-state index contributed by atoms with van der Waals surface area (Å²) in [6, 6.07) is 6.86. The minimum Gasteiger partial charge on any atom is -0.300 e. The summed E-state index contributed by atoms with van der Waals surface area (Å²) in [5.74, 6) is 0.549. The van der Waals surface area contributed by atoms with E-state index in [1.54, 1.807) is 12.1 Å². The Bertz CT molecular complexity index is 351. The van der Waals surface area contributed by atoms with Crippen molar-refractivity contribution in [3.63, 3.8) is 0 Å². The first-order valence-corrected chi connectivity index (χ1v) is 6.56. The van der Waals surface area contributed by atoms with E-state index in [1.807, 2.05) is 6.07 Å². The van der Waals surface area contributed by atoms with Crippen molar-refractivity contribution >= 4 is 11.6 Å². The van der Waals surface area contributed by atoms with E-state index in [0.29, 0.717) is 5.88 Å². The molecule has 0 atom stereocenters. The Morgan fingerprint density at radius 2 is 1.82 bits per heavy atom. The Hall–Kier alpha value is -0.640. The lowest BCUT2D eigenvalue weighted by Gasteiger charge is -2.34. The third-order valence-corrected chi connectivity index (χ3v) is 3.33. The highest BCUT2D eigenvalue weighted by Gasteiger charge is 2.16. The van der Waals surface area contributed by atoms with Gasteiger partial charge in [-0.15, -0.1) is 11.6 Å². The zero-order valence-corrected chi connectivity index (χ0v) is 10.7. The predicted molar refractivity (Wildman–Crippen MR) is 68.8 cm³/mol. The average Bonchev–Trinajstić information content (AvgIpc) is 2.32. The third kappa shape index (κ3) is 3.95. The fraction of sp³-hybridized carbons (Fsp3) is 0.538. The van der Waals surface area contributed by atoms with Crippen molar-refractivity contribution in [2.45, 2.75) is 6.54 Å². The average molecular weight is 257 g/mol.